The van der Waals surface area contributed by atoms with Crippen molar-refractivity contribution in [3.05, 3.63) is 117 Å². The number of aromatic hydroxyl groups is 3. The first-order valence-corrected chi connectivity index (χ1v) is 43.4. The molecule has 16 N–H and O–H groups in total. The molecule has 4 saturated carbocycles. The summed E-state index contributed by atoms with van der Waals surface area (Å²) >= 11 is 14.6. The second kappa shape index (κ2) is 38.7. The number of phenols is 3. The molecular formula is C90H112Cl2N6O24. The number of ether oxygens (including phenoxy) is 6. The molecule has 30 nitrogen and oxygen atoms in total. The summed E-state index contributed by atoms with van der Waals surface area (Å²) in [7, 11) is 0. The molecular weight excluding hydrogens is 1620 g/mol. The van der Waals surface area contributed by atoms with E-state index < -0.39 is 222 Å². The van der Waals surface area contributed by atoms with Crippen molar-refractivity contribution >= 4 is 76.0 Å². The zero-order valence-corrected chi connectivity index (χ0v) is 70.6. The highest BCUT2D eigenvalue weighted by atomic mass is 35.5. The molecule has 0 aromatic heterocycles. The van der Waals surface area contributed by atoms with Crippen molar-refractivity contribution in [1.29, 1.82) is 0 Å². The van der Waals surface area contributed by atoms with Crippen molar-refractivity contribution in [2.45, 2.75) is 267 Å². The number of aliphatic hydroxyl groups is 6. The monoisotopic (exact) mass is 1730 g/mol. The Balaban J connectivity index is 1.01. The minimum atomic E-state index is -2.21. The summed E-state index contributed by atoms with van der Waals surface area (Å²) in [5, 5.41) is 120. The van der Waals surface area contributed by atoms with Gasteiger partial charge in [-0.3, -0.25) is 48.5 Å². The third-order valence-electron chi connectivity index (χ3n) is 25.8. The van der Waals surface area contributed by atoms with Crippen LogP contribution >= 0.6 is 23.2 Å². The van der Waals surface area contributed by atoms with E-state index in [0.29, 0.717) is 31.1 Å². The molecule has 16 rings (SSSR count). The number of hydrogen-bond donors (Lipinski definition) is 15. The van der Waals surface area contributed by atoms with Crippen LogP contribution in [0.1, 0.15) is 228 Å². The van der Waals surface area contributed by atoms with Crippen LogP contribution in [0.2, 0.25) is 10.0 Å². The topological polar surface area (TPSA) is 477 Å². The molecule has 5 aromatic rings. The lowest BCUT2D eigenvalue weighted by molar-refractivity contribution is -0.333. The van der Waals surface area contributed by atoms with Gasteiger partial charge in [-0.2, -0.15) is 0 Å². The molecule has 7 heterocycles. The number of fused-ring (bicyclic) bond motifs is 15. The van der Waals surface area contributed by atoms with E-state index in [1.807, 2.05) is 13.8 Å². The average molecular weight is 1730 g/mol. The average Bonchev–Trinajstić information content (AvgIpc) is 0.769. The molecule has 2 saturated heterocycles. The smallest absolute Gasteiger partial charge is 0.246 e. The van der Waals surface area contributed by atoms with Crippen LogP contribution in [0.4, 0.5) is 0 Å². The minimum Gasteiger partial charge on any atom is -0.508 e. The standard InChI is InChI=1S/C90H112Cl2N6O24/c1-7-9-10-11-12-13-14-15-70(106)94-71(107)34-52-31-62(103)76(97-85(113)45(8-2)22-41(3)4)78(108)47-17-20-65(58(91)29-47)118-67-32-51-33-68(82(67)122-89-83(81(111)80(110)69(40-99)120-89)121-72-39-90(6,93)84(112)42(5)117-72)119-66-21-18-48(30-59(66)92)79(109)77-88(116)96-75(64(105)37-54-49-24-43-23-44(26-49)27-50(54)25-43)57-35-53(100)36-61(102)73(57)56-28-46(16-19-60(56)101)55(87(115)98-77)38-63(104)74(51)95-86(52)114/h16-21,28-30,32-33,35-36,41-45,49-50,52,54-55,69,72,74-81,83-84,89,99-102,108-112H,7-15,22-27,31,34,37-40,93H2,1-6H3,(H,95,114)(H,96,116)(H,97,113)(H,98,115)(H,94,106,107)/t42-,43?,44?,45+,49?,50?,52-,54?,55+,69+,72-,74+,75-,76-,77-,78+,79+,80+,81-,83+,84+,89-,90-/m0/s1. The number of nitrogens with one attached hydrogen (secondary N) is 5. The highest BCUT2D eigenvalue weighted by molar-refractivity contribution is 6.32. The second-order valence-corrected chi connectivity index (χ2v) is 36.2. The van der Waals surface area contributed by atoms with E-state index >= 15 is 28.8 Å². The molecule has 15 bridgehead atoms. The van der Waals surface area contributed by atoms with Crippen LogP contribution in [-0.2, 0) is 57.4 Å². The lowest BCUT2D eigenvalue weighted by atomic mass is 9.51. The fourth-order valence-electron chi connectivity index (χ4n) is 19.5. The van der Waals surface area contributed by atoms with E-state index in [1.54, 1.807) is 6.92 Å². The van der Waals surface area contributed by atoms with E-state index in [2.05, 4.69) is 33.5 Å². The molecule has 7 aliphatic heterocycles. The van der Waals surface area contributed by atoms with E-state index in [0.717, 1.165) is 94.5 Å². The van der Waals surface area contributed by atoms with Crippen molar-refractivity contribution < 1.29 is 118 Å². The second-order valence-electron chi connectivity index (χ2n) is 35.4. The van der Waals surface area contributed by atoms with Crippen LogP contribution < -0.4 is 46.5 Å². The van der Waals surface area contributed by atoms with Crippen LogP contribution in [-0.4, -0.2) is 172 Å². The predicted molar refractivity (Wildman–Crippen MR) is 442 cm³/mol. The van der Waals surface area contributed by atoms with E-state index in [9.17, 15) is 60.3 Å². The number of halogens is 2. The zero-order valence-electron chi connectivity index (χ0n) is 69.1. The number of benzene rings is 5. The normalized spacial score (nSPS) is 31.0. The number of aliphatic hydroxyl groups excluding tert-OH is 6. The number of rotatable bonds is 23. The maximum Gasteiger partial charge on any atom is 0.246 e. The van der Waals surface area contributed by atoms with E-state index in [1.165, 1.54) is 62.4 Å². The zero-order chi connectivity index (χ0) is 87.6. The van der Waals surface area contributed by atoms with E-state index in [4.69, 9.17) is 57.4 Å². The van der Waals surface area contributed by atoms with Crippen LogP contribution in [0.3, 0.4) is 0 Å². The Bertz CT molecular complexity index is 4730. The van der Waals surface area contributed by atoms with Gasteiger partial charge >= 0.3 is 0 Å². The number of phenolic OH excluding ortho intramolecular Hbond substituents is 3. The number of carbonyl (C=O) groups excluding carboxylic acids is 9. The van der Waals surface area contributed by atoms with Crippen molar-refractivity contribution in [2.75, 3.05) is 6.61 Å². The van der Waals surface area contributed by atoms with Crippen molar-refractivity contribution in [2.24, 2.45) is 53.1 Å². The van der Waals surface area contributed by atoms with Gasteiger partial charge in [0.25, 0.3) is 0 Å². The molecule has 0 spiro atoms. The van der Waals surface area contributed by atoms with Gasteiger partial charge in [0, 0.05) is 67.2 Å². The van der Waals surface area contributed by atoms with Crippen molar-refractivity contribution in [1.82, 2.24) is 26.6 Å². The largest absolute Gasteiger partial charge is 0.508 e. The molecule has 122 heavy (non-hydrogen) atoms. The summed E-state index contributed by atoms with van der Waals surface area (Å²) in [6.45, 7) is 9.73. The summed E-state index contributed by atoms with van der Waals surface area (Å²) in [6.07, 6.45) is -9.43. The summed E-state index contributed by atoms with van der Waals surface area (Å²) in [6, 6.07) is 7.39. The number of hydrogen-bond acceptors (Lipinski definition) is 25. The number of carbonyl (C=O) groups is 9. The van der Waals surface area contributed by atoms with Crippen LogP contribution in [0.15, 0.2) is 78.9 Å². The first-order chi connectivity index (χ1) is 58.1. The van der Waals surface area contributed by atoms with Gasteiger partial charge in [-0.1, -0.05) is 108 Å². The molecule has 6 amide bonds. The number of amides is 6. The Kier molecular flexibility index (Phi) is 28.8. The number of unbranched alkanes of at least 4 members (excludes halogenated alkanes) is 6. The highest BCUT2D eigenvalue weighted by Crippen LogP contribution is 2.59. The summed E-state index contributed by atoms with van der Waals surface area (Å²) < 4.78 is 39.3. The summed E-state index contributed by atoms with van der Waals surface area (Å²) in [4.78, 5) is 139. The van der Waals surface area contributed by atoms with Crippen molar-refractivity contribution in [3.63, 3.8) is 0 Å². The Labute approximate surface area is 716 Å². The van der Waals surface area contributed by atoms with E-state index in [-0.39, 0.29) is 110 Å². The van der Waals surface area contributed by atoms with Gasteiger partial charge in [0.2, 0.25) is 47.5 Å². The van der Waals surface area contributed by atoms with Crippen LogP contribution in [0.25, 0.3) is 11.1 Å². The number of Topliss-reactive ketones (excluding diaryl/α,β-unsaturated/α-hetero) is 3. The van der Waals surface area contributed by atoms with Gasteiger partial charge in [0.1, 0.15) is 83.4 Å². The van der Waals surface area contributed by atoms with Crippen LogP contribution in [0.5, 0.6) is 46.0 Å². The maximum absolute atomic E-state index is 16.8. The van der Waals surface area contributed by atoms with Gasteiger partial charge in [0.15, 0.2) is 41.2 Å². The molecule has 5 aromatic carbocycles. The van der Waals surface area contributed by atoms with Gasteiger partial charge in [0.05, 0.1) is 40.7 Å². The van der Waals surface area contributed by atoms with Gasteiger partial charge in [-0.25, -0.2) is 0 Å². The molecule has 11 aliphatic rings. The molecule has 4 aliphatic carbocycles. The fourth-order valence-corrected chi connectivity index (χ4v) is 20.0. The van der Waals surface area contributed by atoms with Gasteiger partial charge < -0.3 is 101 Å². The molecule has 18 atom stereocenters. The number of imide groups is 1. The third kappa shape index (κ3) is 20.2. The van der Waals surface area contributed by atoms with Gasteiger partial charge in [-0.15, -0.1) is 0 Å². The molecule has 0 radical (unpaired) electrons. The molecule has 32 heteroatoms. The summed E-state index contributed by atoms with van der Waals surface area (Å²) in [5.41, 5.74) is 3.67. The minimum absolute atomic E-state index is 0.0334. The Morgan fingerprint density at radius 2 is 1.30 bits per heavy atom. The number of nitrogens with two attached hydrogens (primary N) is 1. The van der Waals surface area contributed by atoms with Gasteiger partial charge in [-0.05, 0) is 183 Å². The fraction of sp³-hybridized carbons (Fsp3) is 0.567. The SMILES string of the molecule is CCCCCCCCCC(=O)NC(=O)C[C@@H]1CC(=O)[C@H](NC(=O)[C@H](CC)CC(C)C)[C@H](O)c2ccc(c(Cl)c2)Oc2cc3cc(c2O[C@@H]2O[C@H](CO)[C@@H](O)[C@H](O)[C@H]2O[C@H]2C[C@](C)(N)[C@H](O)[C@H](C)O2)Oc2ccc(cc2Cl)[C@@H](O)[C@@H]2NC(=O)[C@H](CC(=O)[C@@H]3NC1=O)c1ccc(O)c(c1)-c1c(O)cc(O)cc1[C@@H](C(=O)CC1C3CC4CC(C3)CC1C4)NC2=O. The van der Waals surface area contributed by atoms with Crippen molar-refractivity contribution in [3.8, 4) is 57.1 Å². The van der Waals surface area contributed by atoms with Crippen LogP contribution in [0, 0.1) is 47.3 Å². The molecule has 0 unspecified atom stereocenters. The predicted octanol–water partition coefficient (Wildman–Crippen LogP) is 9.77. The first-order valence-electron chi connectivity index (χ1n) is 42.7. The first kappa shape index (κ1) is 90.8. The maximum atomic E-state index is 16.8. The number of ketones is 3. The molecule has 6 fully saturated rings. The Morgan fingerprint density at radius 3 is 1.91 bits per heavy atom. The Hall–Kier alpha value is -8.89. The third-order valence-corrected chi connectivity index (χ3v) is 26.4. The Morgan fingerprint density at radius 1 is 0.664 bits per heavy atom. The lowest BCUT2D eigenvalue weighted by Gasteiger charge is -2.54. The lowest BCUT2D eigenvalue weighted by Crippen LogP contribution is -2.64. The highest BCUT2D eigenvalue weighted by Gasteiger charge is 2.53. The quantitative estimate of drug-likeness (QED) is 0.0270. The molecule has 660 valence electrons. The summed E-state index contributed by atoms with van der Waals surface area (Å²) in [5.74, 6) is -16.3.